The number of H-pyrrole nitrogens is 1. The van der Waals surface area contributed by atoms with E-state index in [2.05, 4.69) is 46.6 Å². The van der Waals surface area contributed by atoms with E-state index in [1.807, 2.05) is 0 Å². The standard InChI is InChI=1S/C21H29N3O/c1-24(11-10-20(25)23-17-7-3-2-4-8-17)18-12-15-6-5-9-19-21(15)16(13-18)14-22-19/h5-6,9,14,17-18,22H,2-4,7-8,10-13H2,1H3,(H,23,25)/t18-/m0/s1. The first-order valence-electron chi connectivity index (χ1n) is 9.78. The molecule has 2 aromatic rings. The van der Waals surface area contributed by atoms with Gasteiger partial charge < -0.3 is 15.2 Å². The van der Waals surface area contributed by atoms with Crippen molar-refractivity contribution in [2.45, 2.75) is 63.5 Å². The minimum atomic E-state index is 0.221. The Morgan fingerprint density at radius 1 is 1.20 bits per heavy atom. The highest BCUT2D eigenvalue weighted by Crippen LogP contribution is 2.31. The Morgan fingerprint density at radius 2 is 2.00 bits per heavy atom. The van der Waals surface area contributed by atoms with Gasteiger partial charge >= 0.3 is 0 Å². The molecule has 4 heteroatoms. The second-order valence-electron chi connectivity index (χ2n) is 7.85. The van der Waals surface area contributed by atoms with E-state index in [4.69, 9.17) is 0 Å². The fraction of sp³-hybridized carbons (Fsp3) is 0.571. The molecule has 1 heterocycles. The molecule has 0 aliphatic heterocycles. The smallest absolute Gasteiger partial charge is 0.221 e. The number of hydrogen-bond donors (Lipinski definition) is 2. The molecule has 134 valence electrons. The molecular weight excluding hydrogens is 310 g/mol. The topological polar surface area (TPSA) is 48.1 Å². The van der Waals surface area contributed by atoms with Gasteiger partial charge in [-0.15, -0.1) is 0 Å². The zero-order chi connectivity index (χ0) is 17.2. The lowest BCUT2D eigenvalue weighted by atomic mass is 9.88. The fourth-order valence-corrected chi connectivity index (χ4v) is 4.57. The average Bonchev–Trinajstić information content (AvgIpc) is 3.05. The summed E-state index contributed by atoms with van der Waals surface area (Å²) in [6.45, 7) is 0.832. The maximum absolute atomic E-state index is 12.3. The van der Waals surface area contributed by atoms with Crippen molar-refractivity contribution in [3.05, 3.63) is 35.5 Å². The van der Waals surface area contributed by atoms with Crippen LogP contribution in [0, 0.1) is 0 Å². The Bertz CT molecular complexity index is 745. The van der Waals surface area contributed by atoms with Gasteiger partial charge in [-0.2, -0.15) is 0 Å². The monoisotopic (exact) mass is 339 g/mol. The SMILES string of the molecule is CN(CCC(=O)NC1CCCCC1)[C@H]1Cc2cccc3[nH]cc(c23)C1. The Labute approximate surface area is 150 Å². The van der Waals surface area contributed by atoms with Crippen molar-refractivity contribution in [3.63, 3.8) is 0 Å². The summed E-state index contributed by atoms with van der Waals surface area (Å²) in [6.07, 6.45) is 11.1. The minimum absolute atomic E-state index is 0.221. The van der Waals surface area contributed by atoms with E-state index >= 15 is 0 Å². The molecule has 1 saturated carbocycles. The van der Waals surface area contributed by atoms with E-state index in [1.165, 1.54) is 41.3 Å². The summed E-state index contributed by atoms with van der Waals surface area (Å²) in [6, 6.07) is 7.44. The van der Waals surface area contributed by atoms with Crippen molar-refractivity contribution in [2.75, 3.05) is 13.6 Å². The molecule has 0 radical (unpaired) electrons. The average molecular weight is 339 g/mol. The third-order valence-corrected chi connectivity index (χ3v) is 6.07. The van der Waals surface area contributed by atoms with Crippen LogP contribution in [0.15, 0.2) is 24.4 Å². The van der Waals surface area contributed by atoms with Crippen LogP contribution >= 0.6 is 0 Å². The van der Waals surface area contributed by atoms with E-state index in [0.29, 0.717) is 18.5 Å². The number of rotatable bonds is 5. The Balaban J connectivity index is 1.31. The van der Waals surface area contributed by atoms with Gasteiger partial charge in [-0.3, -0.25) is 4.79 Å². The van der Waals surface area contributed by atoms with Gasteiger partial charge in [0.15, 0.2) is 0 Å². The number of likely N-dealkylation sites (N-methyl/N-ethyl adjacent to an activating group) is 1. The molecule has 0 bridgehead atoms. The highest BCUT2D eigenvalue weighted by molar-refractivity contribution is 5.87. The van der Waals surface area contributed by atoms with E-state index in [0.717, 1.165) is 32.2 Å². The van der Waals surface area contributed by atoms with Crippen molar-refractivity contribution >= 4 is 16.8 Å². The molecule has 2 N–H and O–H groups in total. The van der Waals surface area contributed by atoms with E-state index in [-0.39, 0.29) is 5.91 Å². The highest BCUT2D eigenvalue weighted by Gasteiger charge is 2.25. The van der Waals surface area contributed by atoms with Gasteiger partial charge in [0, 0.05) is 42.1 Å². The Hall–Kier alpha value is -1.81. The molecule has 1 atom stereocenters. The first kappa shape index (κ1) is 16.6. The minimum Gasteiger partial charge on any atom is -0.361 e. The molecule has 0 unspecified atom stereocenters. The molecule has 25 heavy (non-hydrogen) atoms. The molecule has 1 aromatic carbocycles. The number of nitrogens with one attached hydrogen (secondary N) is 2. The van der Waals surface area contributed by atoms with Crippen molar-refractivity contribution in [1.82, 2.24) is 15.2 Å². The van der Waals surface area contributed by atoms with Crippen LogP contribution in [0.3, 0.4) is 0 Å². The van der Waals surface area contributed by atoms with Gasteiger partial charge in [0.25, 0.3) is 0 Å². The van der Waals surface area contributed by atoms with Crippen molar-refractivity contribution in [2.24, 2.45) is 0 Å². The summed E-state index contributed by atoms with van der Waals surface area (Å²) < 4.78 is 0. The summed E-state index contributed by atoms with van der Waals surface area (Å²) in [7, 11) is 2.16. The quantitative estimate of drug-likeness (QED) is 0.877. The van der Waals surface area contributed by atoms with Crippen LogP contribution in [-0.2, 0) is 17.6 Å². The number of amides is 1. The molecule has 0 saturated heterocycles. The third-order valence-electron chi connectivity index (χ3n) is 6.07. The first-order chi connectivity index (χ1) is 12.2. The maximum Gasteiger partial charge on any atom is 0.221 e. The first-order valence-corrected chi connectivity index (χ1v) is 9.78. The molecule has 1 amide bonds. The van der Waals surface area contributed by atoms with Gasteiger partial charge in [0.2, 0.25) is 5.91 Å². The normalized spacial score (nSPS) is 21.0. The number of aromatic amines is 1. The fourth-order valence-electron chi connectivity index (χ4n) is 4.57. The second kappa shape index (κ2) is 7.20. The van der Waals surface area contributed by atoms with Crippen LogP contribution in [0.4, 0.5) is 0 Å². The van der Waals surface area contributed by atoms with Crippen molar-refractivity contribution < 1.29 is 4.79 Å². The van der Waals surface area contributed by atoms with Crippen LogP contribution in [0.25, 0.3) is 10.9 Å². The summed E-state index contributed by atoms with van der Waals surface area (Å²) in [4.78, 5) is 18.0. The number of aromatic nitrogens is 1. The van der Waals surface area contributed by atoms with Crippen LogP contribution in [0.1, 0.15) is 49.7 Å². The summed E-state index contributed by atoms with van der Waals surface area (Å²) in [5.41, 5.74) is 4.10. The molecular formula is C21H29N3O. The van der Waals surface area contributed by atoms with Gasteiger partial charge in [-0.05, 0) is 49.9 Å². The van der Waals surface area contributed by atoms with E-state index < -0.39 is 0 Å². The lowest BCUT2D eigenvalue weighted by Gasteiger charge is -2.31. The van der Waals surface area contributed by atoms with Crippen LogP contribution in [-0.4, -0.2) is 41.5 Å². The Kier molecular flexibility index (Phi) is 4.80. The summed E-state index contributed by atoms with van der Waals surface area (Å²) >= 11 is 0. The van der Waals surface area contributed by atoms with Crippen LogP contribution in [0.2, 0.25) is 0 Å². The molecule has 4 nitrogen and oxygen atoms in total. The Morgan fingerprint density at radius 3 is 2.84 bits per heavy atom. The zero-order valence-electron chi connectivity index (χ0n) is 15.2. The number of carbonyl (C=O) groups excluding carboxylic acids is 1. The van der Waals surface area contributed by atoms with Crippen molar-refractivity contribution in [3.8, 4) is 0 Å². The van der Waals surface area contributed by atoms with E-state index in [1.54, 1.807) is 0 Å². The summed E-state index contributed by atoms with van der Waals surface area (Å²) in [5, 5.41) is 4.65. The lowest BCUT2D eigenvalue weighted by Crippen LogP contribution is -2.41. The number of hydrogen-bond acceptors (Lipinski definition) is 2. The number of benzene rings is 1. The predicted octanol–water partition coefficient (Wildman–Crippen LogP) is 3.41. The van der Waals surface area contributed by atoms with E-state index in [9.17, 15) is 4.79 Å². The van der Waals surface area contributed by atoms with Crippen LogP contribution in [0.5, 0.6) is 0 Å². The molecule has 0 spiro atoms. The number of carbonyl (C=O) groups is 1. The lowest BCUT2D eigenvalue weighted by molar-refractivity contribution is -0.122. The molecule has 4 rings (SSSR count). The van der Waals surface area contributed by atoms with Crippen LogP contribution < -0.4 is 5.32 Å². The molecule has 2 aliphatic carbocycles. The second-order valence-corrected chi connectivity index (χ2v) is 7.85. The molecule has 1 aromatic heterocycles. The maximum atomic E-state index is 12.3. The highest BCUT2D eigenvalue weighted by atomic mass is 16.1. The predicted molar refractivity (Wildman–Crippen MR) is 102 cm³/mol. The van der Waals surface area contributed by atoms with Gasteiger partial charge in [-0.1, -0.05) is 31.4 Å². The largest absolute Gasteiger partial charge is 0.361 e. The molecule has 2 aliphatic rings. The van der Waals surface area contributed by atoms with Crippen molar-refractivity contribution in [1.29, 1.82) is 0 Å². The zero-order valence-corrected chi connectivity index (χ0v) is 15.2. The molecule has 1 fully saturated rings. The number of nitrogens with zero attached hydrogens (tertiary/aromatic N) is 1. The van der Waals surface area contributed by atoms with Gasteiger partial charge in [0.1, 0.15) is 0 Å². The third kappa shape index (κ3) is 3.59. The summed E-state index contributed by atoms with van der Waals surface area (Å²) in [5.74, 6) is 0.221. The van der Waals surface area contributed by atoms with Gasteiger partial charge in [-0.25, -0.2) is 0 Å². The van der Waals surface area contributed by atoms with Gasteiger partial charge in [0.05, 0.1) is 0 Å².